The van der Waals surface area contributed by atoms with Crippen molar-refractivity contribution in [1.29, 1.82) is 0 Å². The van der Waals surface area contributed by atoms with Gasteiger partial charge < -0.3 is 9.80 Å². The van der Waals surface area contributed by atoms with E-state index in [1.807, 2.05) is 38.2 Å². The highest BCUT2D eigenvalue weighted by molar-refractivity contribution is 6.35. The van der Waals surface area contributed by atoms with Crippen LogP contribution in [-0.2, 0) is 9.59 Å². The summed E-state index contributed by atoms with van der Waals surface area (Å²) in [6.07, 6.45) is 6.21. The largest absolute Gasteiger partial charge is 0.366 e. The Bertz CT molecular complexity index is 761. The van der Waals surface area contributed by atoms with Crippen LogP contribution in [0.5, 0.6) is 0 Å². The molecule has 0 aromatic heterocycles. The quantitative estimate of drug-likeness (QED) is 0.496. The Morgan fingerprint density at radius 2 is 1.66 bits per heavy atom. The predicted octanol–water partition coefficient (Wildman–Crippen LogP) is 3.68. The number of hydrogen-bond acceptors (Lipinski definition) is 4. The number of aryl methyl sites for hydroxylation is 1. The van der Waals surface area contributed by atoms with E-state index in [4.69, 9.17) is 0 Å². The lowest BCUT2D eigenvalue weighted by atomic mass is 9.99. The van der Waals surface area contributed by atoms with Crippen LogP contribution in [0.25, 0.3) is 5.57 Å². The van der Waals surface area contributed by atoms with Crippen molar-refractivity contribution in [3.05, 3.63) is 41.1 Å². The number of benzene rings is 1. The number of imide groups is 1. The van der Waals surface area contributed by atoms with Gasteiger partial charge in [-0.15, -0.1) is 0 Å². The normalized spacial score (nSPS) is 18.8. The van der Waals surface area contributed by atoms with Crippen LogP contribution < -0.4 is 0 Å². The van der Waals surface area contributed by atoms with Crippen molar-refractivity contribution in [2.45, 2.75) is 58.4 Å². The van der Waals surface area contributed by atoms with Gasteiger partial charge >= 0.3 is 0 Å². The number of amides is 2. The van der Waals surface area contributed by atoms with Gasteiger partial charge in [0.05, 0.1) is 5.57 Å². The summed E-state index contributed by atoms with van der Waals surface area (Å²) >= 11 is 0. The Morgan fingerprint density at radius 3 is 2.28 bits per heavy atom. The third kappa shape index (κ3) is 4.72. The van der Waals surface area contributed by atoms with E-state index in [1.54, 1.807) is 0 Å². The van der Waals surface area contributed by atoms with Crippen LogP contribution in [-0.4, -0.2) is 66.3 Å². The topological polar surface area (TPSA) is 43.9 Å². The molecule has 1 aromatic carbocycles. The first-order valence-electron chi connectivity index (χ1n) is 11.0. The molecule has 1 aromatic rings. The van der Waals surface area contributed by atoms with E-state index >= 15 is 0 Å². The number of likely N-dealkylation sites (tertiary alicyclic amines) is 1. The minimum Gasteiger partial charge on any atom is -0.366 e. The SMILES string of the molecule is CCCCCCN1C(=O)C(c2ccc(C)cc2)=C(N(C)C2CCN(C)CC2)C1=O. The summed E-state index contributed by atoms with van der Waals surface area (Å²) in [6, 6.07) is 8.25. The summed E-state index contributed by atoms with van der Waals surface area (Å²) in [6.45, 7) is 6.75. The van der Waals surface area contributed by atoms with Gasteiger partial charge in [0.1, 0.15) is 5.70 Å². The van der Waals surface area contributed by atoms with Crippen molar-refractivity contribution in [2.24, 2.45) is 0 Å². The third-order valence-electron chi connectivity index (χ3n) is 6.31. The van der Waals surface area contributed by atoms with Crippen molar-refractivity contribution in [2.75, 3.05) is 33.7 Å². The molecule has 29 heavy (non-hydrogen) atoms. The molecule has 0 atom stereocenters. The first kappa shape index (κ1) is 21.6. The van der Waals surface area contributed by atoms with E-state index in [9.17, 15) is 9.59 Å². The van der Waals surface area contributed by atoms with Gasteiger partial charge in [-0.05, 0) is 51.9 Å². The maximum atomic E-state index is 13.4. The molecule has 158 valence electrons. The number of likely N-dealkylation sites (N-methyl/N-ethyl adjacent to an activating group) is 1. The molecule has 1 fully saturated rings. The Labute approximate surface area is 175 Å². The van der Waals surface area contributed by atoms with Gasteiger partial charge in [-0.25, -0.2) is 0 Å². The number of nitrogens with zero attached hydrogens (tertiary/aromatic N) is 3. The smallest absolute Gasteiger partial charge is 0.277 e. The van der Waals surface area contributed by atoms with Crippen LogP contribution in [0.2, 0.25) is 0 Å². The molecule has 2 amide bonds. The maximum absolute atomic E-state index is 13.4. The molecule has 0 saturated carbocycles. The van der Waals surface area contributed by atoms with Gasteiger partial charge in [-0.2, -0.15) is 0 Å². The zero-order chi connectivity index (χ0) is 21.0. The number of hydrogen-bond donors (Lipinski definition) is 0. The number of carbonyl (C=O) groups is 2. The molecule has 5 heteroatoms. The van der Waals surface area contributed by atoms with Crippen LogP contribution in [0, 0.1) is 6.92 Å². The highest BCUT2D eigenvalue weighted by Crippen LogP contribution is 2.33. The lowest BCUT2D eigenvalue weighted by Gasteiger charge is -2.36. The summed E-state index contributed by atoms with van der Waals surface area (Å²) in [5, 5.41) is 0. The Balaban J connectivity index is 1.90. The maximum Gasteiger partial charge on any atom is 0.277 e. The lowest BCUT2D eigenvalue weighted by molar-refractivity contribution is -0.137. The third-order valence-corrected chi connectivity index (χ3v) is 6.31. The molecule has 1 saturated heterocycles. The Hall–Kier alpha value is -2.14. The Kier molecular flexibility index (Phi) is 7.12. The minimum atomic E-state index is -0.134. The predicted molar refractivity (Wildman–Crippen MR) is 117 cm³/mol. The van der Waals surface area contributed by atoms with Crippen LogP contribution in [0.4, 0.5) is 0 Å². The van der Waals surface area contributed by atoms with E-state index in [0.29, 0.717) is 23.9 Å². The highest BCUT2D eigenvalue weighted by atomic mass is 16.2. The highest BCUT2D eigenvalue weighted by Gasteiger charge is 2.42. The number of unbranched alkanes of at least 4 members (excludes halogenated alkanes) is 3. The monoisotopic (exact) mass is 397 g/mol. The molecule has 5 nitrogen and oxygen atoms in total. The second kappa shape index (κ2) is 9.57. The second-order valence-corrected chi connectivity index (χ2v) is 8.56. The average Bonchev–Trinajstić information content (AvgIpc) is 2.96. The van der Waals surface area contributed by atoms with E-state index in [2.05, 4.69) is 23.8 Å². The van der Waals surface area contributed by atoms with Crippen molar-refractivity contribution in [3.63, 3.8) is 0 Å². The van der Waals surface area contributed by atoms with Gasteiger partial charge in [-0.3, -0.25) is 14.5 Å². The molecular weight excluding hydrogens is 362 g/mol. The fourth-order valence-corrected chi connectivity index (χ4v) is 4.34. The molecule has 2 heterocycles. The number of rotatable bonds is 8. The molecule has 0 spiro atoms. The number of carbonyl (C=O) groups excluding carboxylic acids is 2. The summed E-state index contributed by atoms with van der Waals surface area (Å²) in [4.78, 5) is 32.6. The molecule has 0 bridgehead atoms. The second-order valence-electron chi connectivity index (χ2n) is 8.56. The van der Waals surface area contributed by atoms with E-state index < -0.39 is 0 Å². The molecule has 3 rings (SSSR count). The zero-order valence-electron chi connectivity index (χ0n) is 18.4. The van der Waals surface area contributed by atoms with Gasteiger partial charge in [0.15, 0.2) is 0 Å². The fourth-order valence-electron chi connectivity index (χ4n) is 4.34. The van der Waals surface area contributed by atoms with Crippen LogP contribution in [0.15, 0.2) is 30.0 Å². The molecule has 0 unspecified atom stereocenters. The molecule has 2 aliphatic heterocycles. The molecule has 2 aliphatic rings. The molecule has 0 radical (unpaired) electrons. The average molecular weight is 398 g/mol. The minimum absolute atomic E-state index is 0.122. The standard InChI is InChI=1S/C24H35N3O2/c1-5-6-7-8-15-27-23(28)21(19-11-9-18(2)10-12-19)22(24(27)29)26(4)20-13-16-25(3)17-14-20/h9-12,20H,5-8,13-17H2,1-4H3. The zero-order valence-corrected chi connectivity index (χ0v) is 18.4. The summed E-state index contributed by atoms with van der Waals surface area (Å²) in [5.41, 5.74) is 3.16. The van der Waals surface area contributed by atoms with Crippen LogP contribution in [0.1, 0.15) is 56.6 Å². The van der Waals surface area contributed by atoms with Crippen molar-refractivity contribution < 1.29 is 9.59 Å². The van der Waals surface area contributed by atoms with Crippen molar-refractivity contribution in [3.8, 4) is 0 Å². The van der Waals surface area contributed by atoms with Gasteiger partial charge in [0.2, 0.25) is 0 Å². The van der Waals surface area contributed by atoms with Gasteiger partial charge in [0.25, 0.3) is 11.8 Å². The lowest BCUT2D eigenvalue weighted by Crippen LogP contribution is -2.43. The first-order chi connectivity index (χ1) is 13.9. The summed E-state index contributed by atoms with van der Waals surface area (Å²) < 4.78 is 0. The Morgan fingerprint density at radius 1 is 1.00 bits per heavy atom. The van der Waals surface area contributed by atoms with E-state index in [-0.39, 0.29) is 11.8 Å². The van der Waals surface area contributed by atoms with Gasteiger partial charge in [0, 0.05) is 19.6 Å². The number of piperidine rings is 1. The molecule has 0 N–H and O–H groups in total. The fraction of sp³-hybridized carbons (Fsp3) is 0.583. The van der Waals surface area contributed by atoms with Crippen LogP contribution in [0.3, 0.4) is 0 Å². The van der Waals surface area contributed by atoms with E-state index in [0.717, 1.165) is 62.7 Å². The summed E-state index contributed by atoms with van der Waals surface area (Å²) in [7, 11) is 4.13. The molecular formula is C24H35N3O2. The first-order valence-corrected chi connectivity index (χ1v) is 11.0. The van der Waals surface area contributed by atoms with Crippen molar-refractivity contribution in [1.82, 2.24) is 14.7 Å². The van der Waals surface area contributed by atoms with E-state index in [1.165, 1.54) is 4.90 Å². The van der Waals surface area contributed by atoms with Crippen molar-refractivity contribution >= 4 is 17.4 Å². The molecule has 0 aliphatic carbocycles. The summed E-state index contributed by atoms with van der Waals surface area (Å²) in [5.74, 6) is -0.256. The van der Waals surface area contributed by atoms with Gasteiger partial charge in [-0.1, -0.05) is 56.0 Å². The van der Waals surface area contributed by atoms with Crippen LogP contribution >= 0.6 is 0 Å².